The normalized spacial score (nSPS) is 20.5. The third kappa shape index (κ3) is 1.98. The molecule has 1 unspecified atom stereocenters. The summed E-state index contributed by atoms with van der Waals surface area (Å²) in [6.45, 7) is 2.30. The van der Waals surface area contributed by atoms with Gasteiger partial charge in [-0.1, -0.05) is 54.9 Å². The molecule has 1 aromatic rings. The zero-order valence-corrected chi connectivity index (χ0v) is 9.45. The Balaban J connectivity index is 2.26. The fourth-order valence-corrected chi connectivity index (χ4v) is 4.01. The van der Waals surface area contributed by atoms with Crippen molar-refractivity contribution in [2.45, 2.75) is 37.4 Å². The third-order valence-electron chi connectivity index (χ3n) is 2.95. The van der Waals surface area contributed by atoms with E-state index >= 15 is 0 Å². The average molecular weight is 187 g/mol. The smallest absolute Gasteiger partial charge is 0.121 e. The first-order chi connectivity index (χ1) is 6.42. The van der Waals surface area contributed by atoms with Crippen LogP contribution < -0.4 is 4.43 Å². The molecule has 0 amide bonds. The highest BCUT2D eigenvalue weighted by Crippen LogP contribution is 2.28. The standard InChI is InChI=1S/C12H16.Al/c1-3-8-11(4-2)12-9-6-5-7-10-12;/h5-7,9,11H,2-4,8H2,1H3;. The SMILES string of the molecule is CCCC1C[CH2][Al][c]2ccccc21. The second-order valence-electron chi connectivity index (χ2n) is 3.90. The van der Waals surface area contributed by atoms with Crippen molar-refractivity contribution in [3.63, 3.8) is 0 Å². The van der Waals surface area contributed by atoms with Crippen LogP contribution in [0, 0.1) is 0 Å². The summed E-state index contributed by atoms with van der Waals surface area (Å²) >= 11 is 0.586. The van der Waals surface area contributed by atoms with Crippen molar-refractivity contribution in [1.82, 2.24) is 0 Å². The largest absolute Gasteiger partial charge is 0.250 e. The van der Waals surface area contributed by atoms with Crippen LogP contribution in [0.4, 0.5) is 0 Å². The van der Waals surface area contributed by atoms with E-state index in [0.29, 0.717) is 15.2 Å². The lowest BCUT2D eigenvalue weighted by molar-refractivity contribution is 0.592. The fraction of sp³-hybridized carbons (Fsp3) is 0.500. The minimum absolute atomic E-state index is 0.586. The third-order valence-corrected chi connectivity index (χ3v) is 4.54. The molecule has 0 nitrogen and oxygen atoms in total. The van der Waals surface area contributed by atoms with Gasteiger partial charge in [0, 0.05) is 0 Å². The van der Waals surface area contributed by atoms with Gasteiger partial charge in [-0.25, -0.2) is 0 Å². The van der Waals surface area contributed by atoms with Gasteiger partial charge in [-0.2, -0.15) is 0 Å². The van der Waals surface area contributed by atoms with Crippen LogP contribution in [0.1, 0.15) is 37.7 Å². The highest BCUT2D eigenvalue weighted by Gasteiger charge is 2.18. The predicted molar refractivity (Wildman–Crippen MR) is 58.9 cm³/mol. The van der Waals surface area contributed by atoms with Crippen molar-refractivity contribution in [3.8, 4) is 0 Å². The summed E-state index contributed by atoms with van der Waals surface area (Å²) in [6.07, 6.45) is 4.16. The molecule has 0 saturated heterocycles. The minimum atomic E-state index is 0.586. The molecule has 0 bridgehead atoms. The first kappa shape index (κ1) is 9.31. The molecule has 1 aliphatic rings. The molecule has 67 valence electrons. The van der Waals surface area contributed by atoms with Crippen molar-refractivity contribution < 1.29 is 0 Å². The summed E-state index contributed by atoms with van der Waals surface area (Å²) in [5.74, 6) is 0.877. The highest BCUT2D eigenvalue weighted by molar-refractivity contribution is 6.54. The Kier molecular flexibility index (Phi) is 3.09. The van der Waals surface area contributed by atoms with E-state index in [4.69, 9.17) is 0 Å². The predicted octanol–water partition coefficient (Wildman–Crippen LogP) is 2.72. The zero-order chi connectivity index (χ0) is 9.10. The molecule has 0 aromatic heterocycles. The van der Waals surface area contributed by atoms with Gasteiger partial charge < -0.3 is 0 Å². The van der Waals surface area contributed by atoms with E-state index in [1.165, 1.54) is 24.5 Å². The molecule has 2 rings (SSSR count). The van der Waals surface area contributed by atoms with Crippen LogP contribution >= 0.6 is 0 Å². The first-order valence-electron chi connectivity index (χ1n) is 5.34. The topological polar surface area (TPSA) is 0 Å². The van der Waals surface area contributed by atoms with Crippen LogP contribution in [0.25, 0.3) is 0 Å². The van der Waals surface area contributed by atoms with Crippen LogP contribution in [-0.4, -0.2) is 15.2 Å². The van der Waals surface area contributed by atoms with Crippen molar-refractivity contribution >= 4 is 19.6 Å². The van der Waals surface area contributed by atoms with Crippen LogP contribution in [0.15, 0.2) is 24.3 Å². The van der Waals surface area contributed by atoms with Crippen molar-refractivity contribution in [3.05, 3.63) is 29.8 Å². The summed E-state index contributed by atoms with van der Waals surface area (Å²) in [7, 11) is 0. The summed E-state index contributed by atoms with van der Waals surface area (Å²) in [5.41, 5.74) is 1.67. The first-order valence-corrected chi connectivity index (χ1v) is 6.73. The molecule has 1 heteroatoms. The molecule has 0 saturated carbocycles. The van der Waals surface area contributed by atoms with Gasteiger partial charge in [-0.15, -0.1) is 4.43 Å². The number of benzene rings is 1. The molecule has 0 spiro atoms. The second-order valence-corrected chi connectivity index (χ2v) is 5.50. The lowest BCUT2D eigenvalue weighted by atomic mass is 9.91. The fourth-order valence-electron chi connectivity index (χ4n) is 2.31. The molecule has 1 atom stereocenters. The van der Waals surface area contributed by atoms with E-state index in [2.05, 4.69) is 31.2 Å². The lowest BCUT2D eigenvalue weighted by Gasteiger charge is -2.24. The molecule has 1 aromatic carbocycles. The van der Waals surface area contributed by atoms with Gasteiger partial charge in [0.05, 0.1) is 0 Å². The molecular weight excluding hydrogens is 171 g/mol. The summed E-state index contributed by atoms with van der Waals surface area (Å²) < 4.78 is 1.69. The van der Waals surface area contributed by atoms with Gasteiger partial charge >= 0.3 is 0 Å². The molecule has 1 aliphatic heterocycles. The number of hydrogen-bond donors (Lipinski definition) is 0. The summed E-state index contributed by atoms with van der Waals surface area (Å²) in [6, 6.07) is 9.08. The van der Waals surface area contributed by atoms with E-state index in [9.17, 15) is 0 Å². The quantitative estimate of drug-likeness (QED) is 0.624. The minimum Gasteiger partial charge on any atom is -0.121 e. The Hall–Kier alpha value is -0.248. The van der Waals surface area contributed by atoms with Crippen molar-refractivity contribution in [1.29, 1.82) is 0 Å². The maximum Gasteiger partial charge on any atom is 0.250 e. The van der Waals surface area contributed by atoms with Crippen LogP contribution in [-0.2, 0) is 0 Å². The van der Waals surface area contributed by atoms with Gasteiger partial charge in [0.2, 0.25) is 0 Å². The number of rotatable bonds is 2. The van der Waals surface area contributed by atoms with Gasteiger partial charge in [0.1, 0.15) is 0 Å². The van der Waals surface area contributed by atoms with Crippen LogP contribution in [0.3, 0.4) is 0 Å². The maximum absolute atomic E-state index is 2.35. The van der Waals surface area contributed by atoms with Gasteiger partial charge in [0.25, 0.3) is 15.2 Å². The van der Waals surface area contributed by atoms with E-state index in [0.717, 1.165) is 5.92 Å². The Morgan fingerprint density at radius 2 is 2.23 bits per heavy atom. The Morgan fingerprint density at radius 1 is 1.38 bits per heavy atom. The Bertz CT molecular complexity index is 280. The molecule has 0 fully saturated rings. The van der Waals surface area contributed by atoms with Crippen molar-refractivity contribution in [2.75, 3.05) is 0 Å². The molecule has 13 heavy (non-hydrogen) atoms. The zero-order valence-electron chi connectivity index (χ0n) is 8.29. The summed E-state index contributed by atoms with van der Waals surface area (Å²) in [4.78, 5) is 0. The second kappa shape index (κ2) is 4.31. The van der Waals surface area contributed by atoms with E-state index < -0.39 is 0 Å². The average Bonchev–Trinajstić information content (AvgIpc) is 2.19. The monoisotopic (exact) mass is 187 g/mol. The van der Waals surface area contributed by atoms with E-state index in [1.54, 1.807) is 9.99 Å². The molecule has 1 heterocycles. The van der Waals surface area contributed by atoms with E-state index in [-0.39, 0.29) is 0 Å². The Labute approximate surface area is 87.1 Å². The summed E-state index contributed by atoms with van der Waals surface area (Å²) in [5, 5.41) is 1.47. The molecule has 1 radical (unpaired) electrons. The molecule has 0 aliphatic carbocycles. The number of hydrogen-bond acceptors (Lipinski definition) is 0. The molecular formula is C12H16Al. The Morgan fingerprint density at radius 3 is 3.08 bits per heavy atom. The van der Waals surface area contributed by atoms with E-state index in [1.807, 2.05) is 0 Å². The number of fused-ring (bicyclic) bond motifs is 1. The van der Waals surface area contributed by atoms with Gasteiger partial charge in [0.15, 0.2) is 0 Å². The molecule has 0 N–H and O–H groups in total. The van der Waals surface area contributed by atoms with Gasteiger partial charge in [-0.3, -0.25) is 0 Å². The van der Waals surface area contributed by atoms with Crippen LogP contribution in [0.5, 0.6) is 0 Å². The van der Waals surface area contributed by atoms with Gasteiger partial charge in [-0.05, 0) is 12.3 Å². The lowest BCUT2D eigenvalue weighted by Crippen LogP contribution is -2.26. The van der Waals surface area contributed by atoms with Crippen LogP contribution in [0.2, 0.25) is 5.28 Å². The highest BCUT2D eigenvalue weighted by atomic mass is 27.1. The maximum atomic E-state index is 2.35. The van der Waals surface area contributed by atoms with Crippen molar-refractivity contribution in [2.24, 2.45) is 0 Å².